The minimum Gasteiger partial charge on any atom is -0.481 e. The Labute approximate surface area is 134 Å². The van der Waals surface area contributed by atoms with Crippen LogP contribution >= 0.6 is 15.9 Å². The number of amides is 1. The molecule has 3 unspecified atom stereocenters. The summed E-state index contributed by atoms with van der Waals surface area (Å²) < 4.78 is 6.70. The third kappa shape index (κ3) is 4.20. The third-order valence-corrected chi connectivity index (χ3v) is 4.48. The number of benzene rings is 1. The molecule has 4 nitrogen and oxygen atoms in total. The number of hydrogen-bond donors (Lipinski definition) is 1. The van der Waals surface area contributed by atoms with Crippen LogP contribution in [-0.4, -0.2) is 36.0 Å². The second kappa shape index (κ2) is 7.27. The SMILES string of the molecule is CC1CCN(C(=O)C(C)Oc2cccc(Br)c2)C(CN)C1. The molecule has 1 heterocycles. The summed E-state index contributed by atoms with van der Waals surface area (Å²) in [6.07, 6.45) is 1.51. The molecule has 1 aromatic rings. The summed E-state index contributed by atoms with van der Waals surface area (Å²) in [5.41, 5.74) is 5.83. The maximum Gasteiger partial charge on any atom is 0.263 e. The number of likely N-dealkylation sites (tertiary alicyclic amines) is 1. The van der Waals surface area contributed by atoms with E-state index in [4.69, 9.17) is 10.5 Å². The first kappa shape index (κ1) is 16.3. The lowest BCUT2D eigenvalue weighted by Crippen LogP contribution is -2.52. The predicted molar refractivity (Wildman–Crippen MR) is 87.2 cm³/mol. The van der Waals surface area contributed by atoms with Crippen molar-refractivity contribution in [3.8, 4) is 5.75 Å². The van der Waals surface area contributed by atoms with Crippen molar-refractivity contribution in [2.75, 3.05) is 13.1 Å². The second-order valence-electron chi connectivity index (χ2n) is 5.77. The molecule has 3 atom stereocenters. The van der Waals surface area contributed by atoms with Crippen molar-refractivity contribution in [3.63, 3.8) is 0 Å². The Morgan fingerprint density at radius 2 is 2.33 bits per heavy atom. The van der Waals surface area contributed by atoms with Gasteiger partial charge >= 0.3 is 0 Å². The number of halogens is 1. The van der Waals surface area contributed by atoms with Crippen LogP contribution in [0.1, 0.15) is 26.7 Å². The number of rotatable bonds is 4. The fraction of sp³-hybridized carbons (Fsp3) is 0.562. The van der Waals surface area contributed by atoms with Crippen LogP contribution in [0.15, 0.2) is 28.7 Å². The summed E-state index contributed by atoms with van der Waals surface area (Å²) in [6.45, 7) is 5.30. The van der Waals surface area contributed by atoms with Crippen molar-refractivity contribution in [2.45, 2.75) is 38.8 Å². The quantitative estimate of drug-likeness (QED) is 0.904. The van der Waals surface area contributed by atoms with E-state index in [2.05, 4.69) is 22.9 Å². The molecule has 1 saturated heterocycles. The van der Waals surface area contributed by atoms with Gasteiger partial charge in [-0.2, -0.15) is 0 Å². The molecule has 116 valence electrons. The van der Waals surface area contributed by atoms with Crippen LogP contribution in [0.5, 0.6) is 5.75 Å². The van der Waals surface area contributed by atoms with E-state index in [1.165, 1.54) is 0 Å². The Bertz CT molecular complexity index is 495. The van der Waals surface area contributed by atoms with Crippen molar-refractivity contribution in [1.29, 1.82) is 0 Å². The number of carbonyl (C=O) groups is 1. The highest BCUT2D eigenvalue weighted by Gasteiger charge is 2.32. The van der Waals surface area contributed by atoms with Gasteiger partial charge in [0.25, 0.3) is 5.91 Å². The van der Waals surface area contributed by atoms with Gasteiger partial charge in [0, 0.05) is 23.6 Å². The van der Waals surface area contributed by atoms with Gasteiger partial charge in [-0.15, -0.1) is 0 Å². The van der Waals surface area contributed by atoms with Gasteiger partial charge in [-0.05, 0) is 43.9 Å². The molecule has 0 aromatic heterocycles. The molecular weight excluding hydrogens is 332 g/mol. The Morgan fingerprint density at radius 1 is 1.57 bits per heavy atom. The molecule has 0 bridgehead atoms. The summed E-state index contributed by atoms with van der Waals surface area (Å²) >= 11 is 3.40. The van der Waals surface area contributed by atoms with Crippen molar-refractivity contribution in [1.82, 2.24) is 4.90 Å². The van der Waals surface area contributed by atoms with Gasteiger partial charge in [0.05, 0.1) is 0 Å². The third-order valence-electron chi connectivity index (χ3n) is 3.99. The Kier molecular flexibility index (Phi) is 5.65. The molecule has 1 amide bonds. The standard InChI is InChI=1S/C16H23BrN2O2/c1-11-6-7-19(14(8-11)10-18)16(20)12(2)21-15-5-3-4-13(17)9-15/h3-5,9,11-12,14H,6-8,10,18H2,1-2H3. The first-order chi connectivity index (χ1) is 10.0. The number of nitrogens with zero attached hydrogens (tertiary/aromatic N) is 1. The van der Waals surface area contributed by atoms with Gasteiger partial charge < -0.3 is 15.4 Å². The van der Waals surface area contributed by atoms with Crippen molar-refractivity contribution in [3.05, 3.63) is 28.7 Å². The highest BCUT2D eigenvalue weighted by molar-refractivity contribution is 9.10. The summed E-state index contributed by atoms with van der Waals surface area (Å²) in [6, 6.07) is 7.67. The molecule has 1 aromatic carbocycles. The van der Waals surface area contributed by atoms with Gasteiger partial charge in [-0.25, -0.2) is 0 Å². The van der Waals surface area contributed by atoms with Crippen molar-refractivity contribution in [2.24, 2.45) is 11.7 Å². The average Bonchev–Trinajstić information content (AvgIpc) is 2.46. The largest absolute Gasteiger partial charge is 0.481 e. The Morgan fingerprint density at radius 3 is 3.00 bits per heavy atom. The van der Waals surface area contributed by atoms with Gasteiger partial charge in [0.1, 0.15) is 5.75 Å². The minimum atomic E-state index is -0.498. The van der Waals surface area contributed by atoms with Crippen LogP contribution < -0.4 is 10.5 Å². The van der Waals surface area contributed by atoms with Crippen LogP contribution in [-0.2, 0) is 4.79 Å². The van der Waals surface area contributed by atoms with E-state index in [1.807, 2.05) is 29.2 Å². The predicted octanol–water partition coefficient (Wildman–Crippen LogP) is 2.80. The Hall–Kier alpha value is -1.07. The fourth-order valence-corrected chi connectivity index (χ4v) is 3.17. The van der Waals surface area contributed by atoms with Crippen LogP contribution in [0, 0.1) is 5.92 Å². The van der Waals surface area contributed by atoms with E-state index >= 15 is 0 Å². The van der Waals surface area contributed by atoms with E-state index in [-0.39, 0.29) is 11.9 Å². The van der Waals surface area contributed by atoms with Crippen LogP contribution in [0.4, 0.5) is 0 Å². The first-order valence-corrected chi connectivity index (χ1v) is 8.23. The van der Waals surface area contributed by atoms with E-state index in [0.29, 0.717) is 18.2 Å². The smallest absolute Gasteiger partial charge is 0.263 e. The zero-order valence-electron chi connectivity index (χ0n) is 12.6. The molecule has 21 heavy (non-hydrogen) atoms. The zero-order chi connectivity index (χ0) is 15.4. The molecule has 5 heteroatoms. The molecule has 0 aliphatic carbocycles. The number of nitrogens with two attached hydrogens (primary N) is 1. The van der Waals surface area contributed by atoms with Crippen molar-refractivity contribution >= 4 is 21.8 Å². The number of piperidine rings is 1. The van der Waals surface area contributed by atoms with Gasteiger partial charge in [0.15, 0.2) is 6.10 Å². The molecule has 2 N–H and O–H groups in total. The highest BCUT2D eigenvalue weighted by atomic mass is 79.9. The lowest BCUT2D eigenvalue weighted by Gasteiger charge is -2.39. The molecule has 0 saturated carbocycles. The van der Waals surface area contributed by atoms with Gasteiger partial charge in [0.2, 0.25) is 0 Å². The molecule has 2 rings (SSSR count). The lowest BCUT2D eigenvalue weighted by molar-refractivity contribution is -0.142. The van der Waals surface area contributed by atoms with E-state index in [0.717, 1.165) is 23.9 Å². The number of hydrogen-bond acceptors (Lipinski definition) is 3. The monoisotopic (exact) mass is 354 g/mol. The maximum atomic E-state index is 12.6. The molecule has 0 radical (unpaired) electrons. The second-order valence-corrected chi connectivity index (χ2v) is 6.68. The topological polar surface area (TPSA) is 55.6 Å². The molecule has 1 aliphatic heterocycles. The molecule has 1 fully saturated rings. The minimum absolute atomic E-state index is 0.0253. The fourth-order valence-electron chi connectivity index (χ4n) is 2.79. The van der Waals surface area contributed by atoms with Gasteiger partial charge in [-0.3, -0.25) is 4.79 Å². The summed E-state index contributed by atoms with van der Waals surface area (Å²) in [7, 11) is 0. The average molecular weight is 355 g/mol. The van der Waals surface area contributed by atoms with E-state index < -0.39 is 6.10 Å². The Balaban J connectivity index is 2.01. The van der Waals surface area contributed by atoms with Crippen LogP contribution in [0.3, 0.4) is 0 Å². The molecular formula is C16H23BrN2O2. The molecule has 1 aliphatic rings. The van der Waals surface area contributed by atoms with Crippen LogP contribution in [0.25, 0.3) is 0 Å². The molecule has 0 spiro atoms. The van der Waals surface area contributed by atoms with Crippen LogP contribution in [0.2, 0.25) is 0 Å². The lowest BCUT2D eigenvalue weighted by atomic mass is 9.92. The summed E-state index contributed by atoms with van der Waals surface area (Å²) in [5, 5.41) is 0. The number of ether oxygens (including phenoxy) is 1. The van der Waals surface area contributed by atoms with E-state index in [1.54, 1.807) is 6.92 Å². The van der Waals surface area contributed by atoms with E-state index in [9.17, 15) is 4.79 Å². The highest BCUT2D eigenvalue weighted by Crippen LogP contribution is 2.24. The first-order valence-electron chi connectivity index (χ1n) is 7.44. The van der Waals surface area contributed by atoms with Gasteiger partial charge in [-0.1, -0.05) is 28.9 Å². The summed E-state index contributed by atoms with van der Waals surface area (Å²) in [5.74, 6) is 1.35. The normalized spacial score (nSPS) is 23.7. The van der Waals surface area contributed by atoms with Crippen molar-refractivity contribution < 1.29 is 9.53 Å². The summed E-state index contributed by atoms with van der Waals surface area (Å²) in [4.78, 5) is 14.5. The zero-order valence-corrected chi connectivity index (χ0v) is 14.2. The number of carbonyl (C=O) groups excluding carboxylic acids is 1. The maximum absolute atomic E-state index is 12.6.